The third-order valence-corrected chi connectivity index (χ3v) is 10.5. The second kappa shape index (κ2) is 11.5. The fourth-order valence-electron chi connectivity index (χ4n) is 8.18. The smallest absolute Gasteiger partial charge is 0.0541 e. The first kappa shape index (κ1) is 28.6. The molecule has 0 radical (unpaired) electrons. The summed E-state index contributed by atoms with van der Waals surface area (Å²) in [5, 5.41) is 10.3. The van der Waals surface area contributed by atoms with Gasteiger partial charge in [-0.2, -0.15) is 0 Å². The van der Waals surface area contributed by atoms with Crippen molar-refractivity contribution in [3.63, 3.8) is 0 Å². The van der Waals surface area contributed by atoms with Gasteiger partial charge >= 0.3 is 0 Å². The molecule has 1 heteroatoms. The summed E-state index contributed by atoms with van der Waals surface area (Å²) in [6.07, 6.45) is 2.26. The van der Waals surface area contributed by atoms with Crippen molar-refractivity contribution in [2.24, 2.45) is 0 Å². The third-order valence-electron chi connectivity index (χ3n) is 10.5. The minimum absolute atomic E-state index is 0.529. The lowest BCUT2D eigenvalue weighted by Crippen LogP contribution is -1.98. The number of hydrogen-bond acceptors (Lipinski definition) is 0. The van der Waals surface area contributed by atoms with Crippen molar-refractivity contribution in [3.05, 3.63) is 163 Å². The van der Waals surface area contributed by atoms with Crippen LogP contribution in [-0.2, 0) is 0 Å². The normalized spacial score (nSPS) is 11.9. The molecule has 0 saturated heterocycles. The van der Waals surface area contributed by atoms with Gasteiger partial charge in [-0.25, -0.2) is 0 Å². The highest BCUT2D eigenvalue weighted by Crippen LogP contribution is 2.46. The molecule has 9 aromatic rings. The highest BCUT2D eigenvalue weighted by molar-refractivity contribution is 6.22. The number of fused-ring (bicyclic) bond motifs is 6. The zero-order chi connectivity index (χ0) is 32.2. The summed E-state index contributed by atoms with van der Waals surface area (Å²) in [4.78, 5) is 0. The van der Waals surface area contributed by atoms with Crippen LogP contribution in [0.4, 0.5) is 0 Å². The van der Waals surface area contributed by atoms with E-state index in [9.17, 15) is 0 Å². The molecule has 0 aliphatic heterocycles. The van der Waals surface area contributed by atoms with Crippen molar-refractivity contribution in [1.82, 2.24) is 4.57 Å². The Kier molecular flexibility index (Phi) is 6.87. The van der Waals surface area contributed by atoms with E-state index in [2.05, 4.69) is 176 Å². The van der Waals surface area contributed by atoms with Crippen LogP contribution < -0.4 is 0 Å². The van der Waals surface area contributed by atoms with E-state index >= 15 is 0 Å². The SMILES string of the molecule is CCC(CC)c1ccc2c(-c3ccc4ccccc4c3)c3ccccc3c(-c3cccc(-n4c5ccccc5c5ccccc54)c3)c2c1. The maximum atomic E-state index is 2.51. The number of nitrogens with zero attached hydrogens (tertiary/aromatic N) is 1. The summed E-state index contributed by atoms with van der Waals surface area (Å²) in [6, 6.07) is 58.7. The number of para-hydroxylation sites is 2. The molecule has 230 valence electrons. The summed E-state index contributed by atoms with van der Waals surface area (Å²) in [7, 11) is 0. The summed E-state index contributed by atoms with van der Waals surface area (Å²) < 4.78 is 2.43. The topological polar surface area (TPSA) is 4.93 Å². The lowest BCUT2D eigenvalue weighted by molar-refractivity contribution is 0.643. The van der Waals surface area contributed by atoms with Gasteiger partial charge in [-0.15, -0.1) is 0 Å². The summed E-state index contributed by atoms with van der Waals surface area (Å²) in [5.41, 5.74) is 10.2. The molecule has 0 N–H and O–H groups in total. The second-order valence-electron chi connectivity index (χ2n) is 13.1. The molecule has 0 spiro atoms. The third kappa shape index (κ3) is 4.46. The maximum absolute atomic E-state index is 2.51. The molecule has 0 aliphatic rings. The summed E-state index contributed by atoms with van der Waals surface area (Å²) in [5.74, 6) is 0.529. The van der Waals surface area contributed by atoms with Crippen LogP contribution in [0, 0.1) is 0 Å². The van der Waals surface area contributed by atoms with Gasteiger partial charge in [0, 0.05) is 16.5 Å². The van der Waals surface area contributed by atoms with Crippen LogP contribution in [0.5, 0.6) is 0 Å². The van der Waals surface area contributed by atoms with Crippen LogP contribution >= 0.6 is 0 Å². The van der Waals surface area contributed by atoms with E-state index in [0.717, 1.165) is 12.8 Å². The Morgan fingerprint density at radius 3 is 1.67 bits per heavy atom. The number of benzene rings is 8. The Morgan fingerprint density at radius 2 is 0.979 bits per heavy atom. The number of aromatic nitrogens is 1. The van der Waals surface area contributed by atoms with E-state index in [1.165, 1.54) is 87.6 Å². The molecule has 1 heterocycles. The molecule has 0 fully saturated rings. The monoisotopic (exact) mass is 615 g/mol. The summed E-state index contributed by atoms with van der Waals surface area (Å²) in [6.45, 7) is 4.63. The Bertz CT molecular complexity index is 2600. The molecule has 1 aromatic heterocycles. The van der Waals surface area contributed by atoms with Gasteiger partial charge in [0.25, 0.3) is 0 Å². The molecule has 0 unspecified atom stereocenters. The van der Waals surface area contributed by atoms with Crippen molar-refractivity contribution in [2.45, 2.75) is 32.6 Å². The van der Waals surface area contributed by atoms with Crippen LogP contribution in [0.25, 0.3) is 82.1 Å². The largest absolute Gasteiger partial charge is 0.309 e. The van der Waals surface area contributed by atoms with Crippen LogP contribution in [0.3, 0.4) is 0 Å². The molecule has 1 nitrogen and oxygen atoms in total. The lowest BCUT2D eigenvalue weighted by atomic mass is 9.83. The highest BCUT2D eigenvalue weighted by atomic mass is 15.0. The zero-order valence-corrected chi connectivity index (χ0v) is 27.4. The standard InChI is InChI=1S/C47H37N/c1-3-31(4-2)34-26-27-42-43(30-34)47(41-21-8-7-20-40(41)46(42)36-25-24-32-14-5-6-15-33(32)28-36)35-16-13-17-37(29-35)48-44-22-11-9-18-38(44)39-19-10-12-23-45(39)48/h5-31H,3-4H2,1-2H3. The lowest BCUT2D eigenvalue weighted by Gasteiger charge is -2.21. The van der Waals surface area contributed by atoms with Crippen molar-refractivity contribution in [3.8, 4) is 27.9 Å². The molecular weight excluding hydrogens is 579 g/mol. The molecule has 0 amide bonds. The summed E-state index contributed by atoms with van der Waals surface area (Å²) >= 11 is 0. The van der Waals surface area contributed by atoms with Crippen molar-refractivity contribution >= 4 is 54.1 Å². The van der Waals surface area contributed by atoms with E-state index < -0.39 is 0 Å². The van der Waals surface area contributed by atoms with Crippen LogP contribution in [0.15, 0.2) is 158 Å². The van der Waals surface area contributed by atoms with Gasteiger partial charge in [-0.3, -0.25) is 0 Å². The molecule has 48 heavy (non-hydrogen) atoms. The molecule has 0 atom stereocenters. The van der Waals surface area contributed by atoms with Crippen LogP contribution in [0.2, 0.25) is 0 Å². The van der Waals surface area contributed by atoms with E-state index in [0.29, 0.717) is 5.92 Å². The van der Waals surface area contributed by atoms with Gasteiger partial charge in [0.1, 0.15) is 0 Å². The molecule has 0 bridgehead atoms. The average molecular weight is 616 g/mol. The Hall–Kier alpha value is -5.66. The van der Waals surface area contributed by atoms with Crippen LogP contribution in [-0.4, -0.2) is 4.57 Å². The Morgan fingerprint density at radius 1 is 0.417 bits per heavy atom. The Balaban J connectivity index is 1.37. The molecule has 8 aromatic carbocycles. The molecule has 0 saturated carbocycles. The maximum Gasteiger partial charge on any atom is 0.0541 e. The van der Waals surface area contributed by atoms with Gasteiger partial charge in [0.15, 0.2) is 0 Å². The predicted octanol–water partition coefficient (Wildman–Crippen LogP) is 13.5. The van der Waals surface area contributed by atoms with Crippen molar-refractivity contribution < 1.29 is 0 Å². The van der Waals surface area contributed by atoms with Crippen molar-refractivity contribution in [1.29, 1.82) is 0 Å². The van der Waals surface area contributed by atoms with E-state index in [4.69, 9.17) is 0 Å². The minimum Gasteiger partial charge on any atom is -0.309 e. The highest BCUT2D eigenvalue weighted by Gasteiger charge is 2.20. The molecule has 0 aliphatic carbocycles. The predicted molar refractivity (Wildman–Crippen MR) is 207 cm³/mol. The van der Waals surface area contributed by atoms with Gasteiger partial charge < -0.3 is 4.57 Å². The minimum atomic E-state index is 0.529. The zero-order valence-electron chi connectivity index (χ0n) is 27.4. The van der Waals surface area contributed by atoms with Gasteiger partial charge in [0.2, 0.25) is 0 Å². The molecular formula is C47H37N. The first-order valence-corrected chi connectivity index (χ1v) is 17.3. The second-order valence-corrected chi connectivity index (χ2v) is 13.1. The fraction of sp³-hybridized carbons (Fsp3) is 0.106. The van der Waals surface area contributed by atoms with Crippen LogP contribution in [0.1, 0.15) is 38.2 Å². The first-order valence-electron chi connectivity index (χ1n) is 17.3. The van der Waals surface area contributed by atoms with E-state index in [1.54, 1.807) is 0 Å². The Labute approximate surface area is 281 Å². The number of rotatable bonds is 6. The van der Waals surface area contributed by atoms with Gasteiger partial charge in [0.05, 0.1) is 11.0 Å². The van der Waals surface area contributed by atoms with E-state index in [-0.39, 0.29) is 0 Å². The van der Waals surface area contributed by atoms with Gasteiger partial charge in [-0.1, -0.05) is 141 Å². The quantitative estimate of drug-likeness (QED) is 0.164. The first-order chi connectivity index (χ1) is 23.7. The number of hydrogen-bond donors (Lipinski definition) is 0. The average Bonchev–Trinajstić information content (AvgIpc) is 3.48. The van der Waals surface area contributed by atoms with E-state index in [1.807, 2.05) is 0 Å². The van der Waals surface area contributed by atoms with Gasteiger partial charge in [-0.05, 0) is 109 Å². The molecule has 9 rings (SSSR count). The van der Waals surface area contributed by atoms with Crippen molar-refractivity contribution in [2.75, 3.05) is 0 Å². The fourth-order valence-corrected chi connectivity index (χ4v) is 8.18.